The van der Waals surface area contributed by atoms with E-state index in [0.29, 0.717) is 11.0 Å². The fraction of sp³-hybridized carbons (Fsp3) is 0.909. The van der Waals surface area contributed by atoms with Crippen LogP contribution in [0.1, 0.15) is 12.8 Å². The second-order valence-corrected chi connectivity index (χ2v) is 5.70. The molecule has 0 spiro atoms. The van der Waals surface area contributed by atoms with Crippen LogP contribution in [-0.4, -0.2) is 62.1 Å². The van der Waals surface area contributed by atoms with Crippen LogP contribution in [0.3, 0.4) is 0 Å². The Balaban J connectivity index is 2.00. The summed E-state index contributed by atoms with van der Waals surface area (Å²) in [6, 6.07) is 0. The van der Waals surface area contributed by atoms with Crippen molar-refractivity contribution in [1.29, 1.82) is 0 Å². The van der Waals surface area contributed by atoms with Crippen LogP contribution < -0.4 is 10.6 Å². The van der Waals surface area contributed by atoms with Gasteiger partial charge in [-0.1, -0.05) is 0 Å². The summed E-state index contributed by atoms with van der Waals surface area (Å²) in [5, 5.41) is 6.93. The van der Waals surface area contributed by atoms with Crippen LogP contribution in [0, 0.1) is 0 Å². The van der Waals surface area contributed by atoms with E-state index in [9.17, 15) is 4.79 Å². The minimum absolute atomic E-state index is 0.172. The number of nitrogens with zero attached hydrogens (tertiary/aromatic N) is 1. The maximum Gasteiger partial charge on any atom is 0.230 e. The number of nitrogens with one attached hydrogen (secondary N) is 2. The number of amides is 1. The zero-order valence-electron chi connectivity index (χ0n) is 10.3. The third-order valence-corrected chi connectivity index (χ3v) is 3.99. The first-order valence-electron chi connectivity index (χ1n) is 5.92. The zero-order chi connectivity index (χ0) is 11.8. The van der Waals surface area contributed by atoms with Crippen LogP contribution in [0.15, 0.2) is 0 Å². The van der Waals surface area contributed by atoms with Gasteiger partial charge >= 0.3 is 0 Å². The summed E-state index contributed by atoms with van der Waals surface area (Å²) in [5.74, 6) is 0.781. The molecule has 16 heavy (non-hydrogen) atoms. The average molecular weight is 245 g/mol. The average Bonchev–Trinajstić information content (AvgIpc) is 2.27. The Morgan fingerprint density at radius 1 is 1.44 bits per heavy atom. The number of carbonyl (C=O) groups is 1. The van der Waals surface area contributed by atoms with Crippen LogP contribution >= 0.6 is 11.8 Å². The Bertz CT molecular complexity index is 205. The second-order valence-electron chi connectivity index (χ2n) is 4.41. The van der Waals surface area contributed by atoms with Crippen molar-refractivity contribution in [3.05, 3.63) is 0 Å². The Morgan fingerprint density at radius 3 is 2.75 bits per heavy atom. The maximum absolute atomic E-state index is 11.5. The molecule has 5 heteroatoms. The summed E-state index contributed by atoms with van der Waals surface area (Å²) in [7, 11) is 4.02. The van der Waals surface area contributed by atoms with E-state index in [-0.39, 0.29) is 5.91 Å². The number of hydrogen-bond acceptors (Lipinski definition) is 4. The summed E-state index contributed by atoms with van der Waals surface area (Å²) in [6.07, 6.45) is 2.38. The molecule has 0 aromatic heterocycles. The molecule has 0 aromatic carbocycles. The minimum Gasteiger partial charge on any atom is -0.354 e. The lowest BCUT2D eigenvalue weighted by molar-refractivity contribution is -0.118. The lowest BCUT2D eigenvalue weighted by atomic mass is 10.2. The summed E-state index contributed by atoms with van der Waals surface area (Å²) < 4.78 is 0. The lowest BCUT2D eigenvalue weighted by Gasteiger charge is -2.21. The first-order chi connectivity index (χ1) is 7.68. The Labute approximate surface area is 103 Å². The predicted octanol–water partition coefficient (Wildman–Crippen LogP) is 0.149. The molecule has 0 aromatic rings. The minimum atomic E-state index is 0.172. The second kappa shape index (κ2) is 7.92. The van der Waals surface area contributed by atoms with Gasteiger partial charge in [0.25, 0.3) is 0 Å². The van der Waals surface area contributed by atoms with E-state index in [1.165, 1.54) is 12.8 Å². The molecule has 0 radical (unpaired) electrons. The van der Waals surface area contributed by atoms with E-state index < -0.39 is 0 Å². The van der Waals surface area contributed by atoms with Gasteiger partial charge in [-0.15, -0.1) is 11.8 Å². The predicted molar refractivity (Wildman–Crippen MR) is 69.9 cm³/mol. The molecule has 1 aliphatic rings. The highest BCUT2D eigenvalue weighted by atomic mass is 32.2. The van der Waals surface area contributed by atoms with E-state index in [2.05, 4.69) is 15.5 Å². The maximum atomic E-state index is 11.5. The molecule has 0 bridgehead atoms. The number of rotatable bonds is 6. The van der Waals surface area contributed by atoms with Gasteiger partial charge in [-0.2, -0.15) is 0 Å². The quantitative estimate of drug-likeness (QED) is 0.699. The molecule has 2 N–H and O–H groups in total. The topological polar surface area (TPSA) is 44.4 Å². The molecule has 1 saturated heterocycles. The van der Waals surface area contributed by atoms with Crippen LogP contribution in [0.2, 0.25) is 0 Å². The summed E-state index contributed by atoms with van der Waals surface area (Å²) in [6.45, 7) is 3.85. The molecule has 0 aliphatic carbocycles. The highest BCUT2D eigenvalue weighted by molar-refractivity contribution is 8.00. The monoisotopic (exact) mass is 245 g/mol. The number of thioether (sulfide) groups is 1. The van der Waals surface area contributed by atoms with Gasteiger partial charge in [-0.25, -0.2) is 0 Å². The Kier molecular flexibility index (Phi) is 6.84. The van der Waals surface area contributed by atoms with Crippen LogP contribution in [-0.2, 0) is 4.79 Å². The number of hydrogen-bond donors (Lipinski definition) is 2. The smallest absolute Gasteiger partial charge is 0.230 e. The molecule has 1 rings (SSSR count). The van der Waals surface area contributed by atoms with Crippen LogP contribution in [0.4, 0.5) is 0 Å². The van der Waals surface area contributed by atoms with Crippen molar-refractivity contribution < 1.29 is 4.79 Å². The molecule has 0 atom stereocenters. The van der Waals surface area contributed by atoms with Gasteiger partial charge in [-0.05, 0) is 40.0 Å². The molecular weight excluding hydrogens is 222 g/mol. The van der Waals surface area contributed by atoms with E-state index in [1.54, 1.807) is 11.8 Å². The van der Waals surface area contributed by atoms with Gasteiger partial charge < -0.3 is 15.5 Å². The first-order valence-corrected chi connectivity index (χ1v) is 6.97. The molecule has 1 amide bonds. The van der Waals surface area contributed by atoms with Gasteiger partial charge in [0.05, 0.1) is 5.75 Å². The highest BCUT2D eigenvalue weighted by Gasteiger charge is 2.14. The number of likely N-dealkylation sites (N-methyl/N-ethyl adjacent to an activating group) is 1. The van der Waals surface area contributed by atoms with Gasteiger partial charge in [0.1, 0.15) is 0 Å². The van der Waals surface area contributed by atoms with E-state index in [4.69, 9.17) is 0 Å². The van der Waals surface area contributed by atoms with E-state index in [1.807, 2.05) is 14.1 Å². The van der Waals surface area contributed by atoms with Gasteiger partial charge in [-0.3, -0.25) is 4.79 Å². The van der Waals surface area contributed by atoms with Gasteiger partial charge in [0.15, 0.2) is 0 Å². The standard InChI is InChI=1S/C11H23N3OS/c1-14(2)8-7-13-11(15)9-16-10-3-5-12-6-4-10/h10,12H,3-9H2,1-2H3,(H,13,15). The van der Waals surface area contributed by atoms with Crippen LogP contribution in [0.5, 0.6) is 0 Å². The van der Waals surface area contributed by atoms with Crippen LogP contribution in [0.25, 0.3) is 0 Å². The Morgan fingerprint density at radius 2 is 2.12 bits per heavy atom. The summed E-state index contributed by atoms with van der Waals surface area (Å²) in [5.41, 5.74) is 0. The number of carbonyl (C=O) groups excluding carboxylic acids is 1. The van der Waals surface area contributed by atoms with Crippen molar-refractivity contribution in [3.8, 4) is 0 Å². The van der Waals surface area contributed by atoms with Crippen molar-refractivity contribution in [2.75, 3.05) is 46.0 Å². The number of piperidine rings is 1. The first kappa shape index (κ1) is 13.8. The van der Waals surface area contributed by atoms with Crippen molar-refractivity contribution in [1.82, 2.24) is 15.5 Å². The van der Waals surface area contributed by atoms with Crippen molar-refractivity contribution in [2.45, 2.75) is 18.1 Å². The normalized spacial score (nSPS) is 17.7. The lowest BCUT2D eigenvalue weighted by Crippen LogP contribution is -2.34. The molecule has 1 aliphatic heterocycles. The van der Waals surface area contributed by atoms with E-state index in [0.717, 1.165) is 26.2 Å². The molecular formula is C11H23N3OS. The Hall–Kier alpha value is -0.260. The zero-order valence-corrected chi connectivity index (χ0v) is 11.1. The summed E-state index contributed by atoms with van der Waals surface area (Å²) >= 11 is 1.80. The molecule has 4 nitrogen and oxygen atoms in total. The molecule has 1 heterocycles. The fourth-order valence-electron chi connectivity index (χ4n) is 1.63. The molecule has 94 valence electrons. The van der Waals surface area contributed by atoms with Gasteiger partial charge in [0.2, 0.25) is 5.91 Å². The van der Waals surface area contributed by atoms with Crippen molar-refractivity contribution in [2.24, 2.45) is 0 Å². The van der Waals surface area contributed by atoms with Gasteiger partial charge in [0, 0.05) is 18.3 Å². The van der Waals surface area contributed by atoms with E-state index >= 15 is 0 Å². The molecule has 1 fully saturated rings. The summed E-state index contributed by atoms with van der Waals surface area (Å²) in [4.78, 5) is 13.6. The highest BCUT2D eigenvalue weighted by Crippen LogP contribution is 2.19. The third kappa shape index (κ3) is 6.35. The van der Waals surface area contributed by atoms with Crippen molar-refractivity contribution in [3.63, 3.8) is 0 Å². The third-order valence-electron chi connectivity index (χ3n) is 2.62. The SMILES string of the molecule is CN(C)CCNC(=O)CSC1CCNCC1. The molecule has 0 saturated carbocycles. The fourth-order valence-corrected chi connectivity index (χ4v) is 2.68. The largest absolute Gasteiger partial charge is 0.354 e. The van der Waals surface area contributed by atoms with Crippen molar-refractivity contribution >= 4 is 17.7 Å². The molecule has 0 unspecified atom stereocenters.